The molecule has 144 valence electrons. The standard InChI is InChI=1S/C19H22BrN3O3S/c1-11-9-14(20)5-7-16(11)23-17(24)10-26-18(25)8-6-15-12(2)21-19(27-4)22-13(15)3/h5,7,9H,6,8,10H2,1-4H3,(H,23,24). The van der Waals surface area contributed by atoms with E-state index >= 15 is 0 Å². The first-order chi connectivity index (χ1) is 12.8. The summed E-state index contributed by atoms with van der Waals surface area (Å²) in [5, 5.41) is 3.46. The van der Waals surface area contributed by atoms with Gasteiger partial charge in [-0.05, 0) is 62.8 Å². The van der Waals surface area contributed by atoms with Gasteiger partial charge in [-0.1, -0.05) is 27.7 Å². The van der Waals surface area contributed by atoms with Gasteiger partial charge in [-0.15, -0.1) is 0 Å². The van der Waals surface area contributed by atoms with Gasteiger partial charge in [0.1, 0.15) is 0 Å². The molecule has 2 aromatic rings. The lowest BCUT2D eigenvalue weighted by Crippen LogP contribution is -2.21. The van der Waals surface area contributed by atoms with E-state index in [2.05, 4.69) is 31.2 Å². The number of aryl methyl sites for hydroxylation is 3. The van der Waals surface area contributed by atoms with Gasteiger partial charge in [0.05, 0.1) is 0 Å². The van der Waals surface area contributed by atoms with Crippen molar-refractivity contribution in [2.45, 2.75) is 38.8 Å². The van der Waals surface area contributed by atoms with Crippen LogP contribution in [0.2, 0.25) is 0 Å². The van der Waals surface area contributed by atoms with Crippen LogP contribution in [0, 0.1) is 20.8 Å². The zero-order valence-corrected chi connectivity index (χ0v) is 18.2. The number of anilines is 1. The van der Waals surface area contributed by atoms with Crippen LogP contribution in [0.3, 0.4) is 0 Å². The summed E-state index contributed by atoms with van der Waals surface area (Å²) in [7, 11) is 0. The van der Waals surface area contributed by atoms with E-state index in [4.69, 9.17) is 4.74 Å². The van der Waals surface area contributed by atoms with Crippen LogP contribution >= 0.6 is 27.7 Å². The Hall–Kier alpha value is -1.93. The van der Waals surface area contributed by atoms with E-state index in [1.54, 1.807) is 6.07 Å². The highest BCUT2D eigenvalue weighted by Crippen LogP contribution is 2.20. The summed E-state index contributed by atoms with van der Waals surface area (Å²) in [5.74, 6) is -0.792. The van der Waals surface area contributed by atoms with E-state index in [0.29, 0.717) is 12.1 Å². The van der Waals surface area contributed by atoms with Gasteiger partial charge < -0.3 is 10.1 Å². The number of thioether (sulfide) groups is 1. The molecule has 0 bridgehead atoms. The van der Waals surface area contributed by atoms with Crippen LogP contribution in [0.4, 0.5) is 5.69 Å². The van der Waals surface area contributed by atoms with Gasteiger partial charge in [-0.25, -0.2) is 9.97 Å². The highest BCUT2D eigenvalue weighted by molar-refractivity contribution is 9.10. The molecule has 1 amide bonds. The summed E-state index contributed by atoms with van der Waals surface area (Å²) in [5.41, 5.74) is 4.28. The summed E-state index contributed by atoms with van der Waals surface area (Å²) in [6, 6.07) is 5.53. The average Bonchev–Trinajstić information content (AvgIpc) is 2.61. The molecule has 0 unspecified atom stereocenters. The number of nitrogens with zero attached hydrogens (tertiary/aromatic N) is 2. The Kier molecular flexibility index (Phi) is 7.79. The monoisotopic (exact) mass is 451 g/mol. The van der Waals surface area contributed by atoms with Crippen LogP contribution in [0.25, 0.3) is 0 Å². The van der Waals surface area contributed by atoms with Crippen molar-refractivity contribution >= 4 is 45.3 Å². The van der Waals surface area contributed by atoms with Gasteiger partial charge >= 0.3 is 5.97 Å². The Balaban J connectivity index is 1.83. The van der Waals surface area contributed by atoms with E-state index < -0.39 is 5.97 Å². The quantitative estimate of drug-likeness (QED) is 0.389. The molecule has 1 aromatic carbocycles. The van der Waals surface area contributed by atoms with Gasteiger partial charge in [-0.3, -0.25) is 9.59 Å². The third-order valence-corrected chi connectivity index (χ3v) is 5.03. The molecule has 0 saturated carbocycles. The number of halogens is 1. The molecule has 0 spiro atoms. The molecule has 1 heterocycles. The van der Waals surface area contributed by atoms with Crippen molar-refractivity contribution in [2.75, 3.05) is 18.2 Å². The Morgan fingerprint density at radius 3 is 2.44 bits per heavy atom. The minimum Gasteiger partial charge on any atom is -0.456 e. The van der Waals surface area contributed by atoms with Crippen molar-refractivity contribution in [1.29, 1.82) is 0 Å². The fourth-order valence-electron chi connectivity index (χ4n) is 2.56. The predicted octanol–water partition coefficient (Wildman–Crippen LogP) is 4.00. The van der Waals surface area contributed by atoms with Crippen molar-refractivity contribution in [3.8, 4) is 0 Å². The van der Waals surface area contributed by atoms with Crippen LogP contribution in [-0.4, -0.2) is 34.7 Å². The largest absolute Gasteiger partial charge is 0.456 e. The number of hydrogen-bond acceptors (Lipinski definition) is 6. The Morgan fingerprint density at radius 2 is 1.85 bits per heavy atom. The van der Waals surface area contributed by atoms with Crippen molar-refractivity contribution in [3.63, 3.8) is 0 Å². The SMILES string of the molecule is CSc1nc(C)c(CCC(=O)OCC(=O)Nc2ccc(Br)cc2C)c(C)n1. The molecule has 8 heteroatoms. The Labute approximate surface area is 171 Å². The summed E-state index contributed by atoms with van der Waals surface area (Å²) >= 11 is 4.86. The molecule has 0 aliphatic carbocycles. The molecule has 27 heavy (non-hydrogen) atoms. The summed E-state index contributed by atoms with van der Waals surface area (Å²) in [6.45, 7) is 5.39. The molecule has 6 nitrogen and oxygen atoms in total. The third kappa shape index (κ3) is 6.32. The molecule has 0 atom stereocenters. The molecule has 0 aliphatic heterocycles. The highest BCUT2D eigenvalue weighted by Gasteiger charge is 2.13. The normalized spacial score (nSPS) is 10.6. The first-order valence-electron chi connectivity index (χ1n) is 8.40. The highest BCUT2D eigenvalue weighted by atomic mass is 79.9. The van der Waals surface area contributed by atoms with E-state index in [-0.39, 0.29) is 18.9 Å². The van der Waals surface area contributed by atoms with Gasteiger partial charge in [0, 0.05) is 28.0 Å². The molecule has 1 aromatic heterocycles. The van der Waals surface area contributed by atoms with Crippen LogP contribution < -0.4 is 5.32 Å². The van der Waals surface area contributed by atoms with Gasteiger partial charge in [0.15, 0.2) is 11.8 Å². The van der Waals surface area contributed by atoms with Crippen molar-refractivity contribution in [1.82, 2.24) is 9.97 Å². The zero-order valence-electron chi connectivity index (χ0n) is 15.8. The maximum atomic E-state index is 12.0. The minimum atomic E-state index is -0.426. The number of esters is 1. The topological polar surface area (TPSA) is 81.2 Å². The van der Waals surface area contributed by atoms with Crippen LogP contribution in [0.1, 0.15) is 28.9 Å². The lowest BCUT2D eigenvalue weighted by atomic mass is 10.1. The lowest BCUT2D eigenvalue weighted by molar-refractivity contribution is -0.147. The predicted molar refractivity (Wildman–Crippen MR) is 110 cm³/mol. The van der Waals surface area contributed by atoms with Crippen LogP contribution in [-0.2, 0) is 20.7 Å². The summed E-state index contributed by atoms with van der Waals surface area (Å²) in [4.78, 5) is 32.8. The van der Waals surface area contributed by atoms with E-state index in [9.17, 15) is 9.59 Å². The van der Waals surface area contributed by atoms with Crippen molar-refractivity contribution in [2.24, 2.45) is 0 Å². The summed E-state index contributed by atoms with van der Waals surface area (Å²) < 4.78 is 6.02. The van der Waals surface area contributed by atoms with Gasteiger partial charge in [0.2, 0.25) is 0 Å². The fraction of sp³-hybridized carbons (Fsp3) is 0.368. The summed E-state index contributed by atoms with van der Waals surface area (Å²) in [6.07, 6.45) is 2.58. The number of ether oxygens (including phenoxy) is 1. The second kappa shape index (κ2) is 9.85. The Morgan fingerprint density at radius 1 is 1.19 bits per heavy atom. The third-order valence-electron chi connectivity index (χ3n) is 3.99. The van der Waals surface area contributed by atoms with E-state index in [1.165, 1.54) is 11.8 Å². The number of carbonyl (C=O) groups is 2. The smallest absolute Gasteiger partial charge is 0.306 e. The first kappa shape index (κ1) is 21.4. The Bertz CT molecular complexity index is 835. The van der Waals surface area contributed by atoms with E-state index in [0.717, 1.165) is 32.1 Å². The van der Waals surface area contributed by atoms with E-state index in [1.807, 2.05) is 39.2 Å². The lowest BCUT2D eigenvalue weighted by Gasteiger charge is -2.11. The average molecular weight is 452 g/mol. The van der Waals surface area contributed by atoms with Crippen LogP contribution in [0.5, 0.6) is 0 Å². The second-order valence-electron chi connectivity index (χ2n) is 6.03. The molecule has 2 rings (SSSR count). The molecule has 0 saturated heterocycles. The molecular formula is C19H22BrN3O3S. The molecule has 1 N–H and O–H groups in total. The number of amides is 1. The number of nitrogens with one attached hydrogen (secondary N) is 1. The number of benzene rings is 1. The number of aromatic nitrogens is 2. The number of rotatable bonds is 7. The molecular weight excluding hydrogens is 430 g/mol. The maximum absolute atomic E-state index is 12.0. The van der Waals surface area contributed by atoms with Crippen LogP contribution in [0.15, 0.2) is 27.8 Å². The van der Waals surface area contributed by atoms with Crippen molar-refractivity contribution in [3.05, 3.63) is 45.2 Å². The maximum Gasteiger partial charge on any atom is 0.306 e. The minimum absolute atomic E-state index is 0.175. The molecule has 0 radical (unpaired) electrons. The fourth-order valence-corrected chi connectivity index (χ4v) is 3.49. The number of carbonyl (C=O) groups excluding carboxylic acids is 2. The number of hydrogen-bond donors (Lipinski definition) is 1. The first-order valence-corrected chi connectivity index (χ1v) is 10.4. The van der Waals surface area contributed by atoms with Gasteiger partial charge in [0.25, 0.3) is 5.91 Å². The molecule has 0 aliphatic rings. The van der Waals surface area contributed by atoms with Crippen molar-refractivity contribution < 1.29 is 14.3 Å². The molecule has 0 fully saturated rings. The van der Waals surface area contributed by atoms with Gasteiger partial charge in [-0.2, -0.15) is 0 Å². The zero-order chi connectivity index (χ0) is 20.0. The second-order valence-corrected chi connectivity index (χ2v) is 7.72.